The van der Waals surface area contributed by atoms with Crippen LogP contribution < -0.4 is 20.7 Å². The van der Waals surface area contributed by atoms with Crippen LogP contribution in [0.15, 0.2) is 107 Å². The van der Waals surface area contributed by atoms with E-state index < -0.39 is 41.0 Å². The highest BCUT2D eigenvalue weighted by Gasteiger charge is 2.55. The molecule has 13 heteroatoms. The zero-order valence-corrected chi connectivity index (χ0v) is 33.7. The largest absolute Gasteiger partial charge is 0.497 e. The monoisotopic (exact) mass is 790 g/mol. The first-order chi connectivity index (χ1) is 25.9. The van der Waals surface area contributed by atoms with Gasteiger partial charge >= 0.3 is 5.69 Å². The summed E-state index contributed by atoms with van der Waals surface area (Å²) in [7, 11) is 3.27. The van der Waals surface area contributed by atoms with Crippen LogP contribution in [-0.4, -0.2) is 53.4 Å². The molecular weight excluding hydrogens is 744 g/mol. The van der Waals surface area contributed by atoms with E-state index in [1.807, 2.05) is 78.9 Å². The lowest BCUT2D eigenvalue weighted by molar-refractivity contribution is -0.0917. The van der Waals surface area contributed by atoms with Gasteiger partial charge in [0.25, 0.3) is 5.56 Å². The summed E-state index contributed by atoms with van der Waals surface area (Å²) in [6, 6.07) is 25.7. The number of aryl methyl sites for hydroxylation is 1. The van der Waals surface area contributed by atoms with Gasteiger partial charge in [0, 0.05) is 22.9 Å². The highest BCUT2D eigenvalue weighted by Crippen LogP contribution is 2.76. The van der Waals surface area contributed by atoms with E-state index >= 15 is 0 Å². The van der Waals surface area contributed by atoms with Gasteiger partial charge in [-0.15, -0.1) is 0 Å². The van der Waals surface area contributed by atoms with Gasteiger partial charge in [0.05, 0.1) is 33.0 Å². The van der Waals surface area contributed by atoms with Crippen LogP contribution in [0.3, 0.4) is 0 Å². The molecule has 1 aliphatic carbocycles. The minimum Gasteiger partial charge on any atom is -0.497 e. The highest BCUT2D eigenvalue weighted by atomic mass is 32.9. The normalized spacial score (nSPS) is 28.1. The number of rotatable bonds is 12. The third kappa shape index (κ3) is 7.54. The second kappa shape index (κ2) is 15.6. The number of hydrogen-bond acceptors (Lipinski definition) is 10. The maximum atomic E-state index is 13.2. The first kappa shape index (κ1) is 38.8. The molecule has 0 amide bonds. The Kier molecular flexibility index (Phi) is 11.2. The zero-order chi connectivity index (χ0) is 38.3. The van der Waals surface area contributed by atoms with Crippen molar-refractivity contribution in [3.63, 3.8) is 0 Å². The van der Waals surface area contributed by atoms with Crippen LogP contribution in [-0.2, 0) is 35.9 Å². The van der Waals surface area contributed by atoms with E-state index in [4.69, 9.17) is 39.8 Å². The maximum Gasteiger partial charge on any atom is 0.330 e. The summed E-state index contributed by atoms with van der Waals surface area (Å²) in [5, 5.41) is 0. The lowest BCUT2D eigenvalue weighted by atomic mass is 9.77. The van der Waals surface area contributed by atoms with Gasteiger partial charge in [-0.3, -0.25) is 14.3 Å². The summed E-state index contributed by atoms with van der Waals surface area (Å²) < 4.78 is 39.9. The van der Waals surface area contributed by atoms with E-state index in [2.05, 4.69) is 25.4 Å². The number of allylic oxidation sites excluding steroid dienone is 1. The third-order valence-corrected chi connectivity index (χ3v) is 16.8. The lowest BCUT2D eigenvalue weighted by Crippen LogP contribution is -2.39. The van der Waals surface area contributed by atoms with Crippen LogP contribution in [0, 0.1) is 12.8 Å². The summed E-state index contributed by atoms with van der Waals surface area (Å²) in [6.45, 7) is 10.2. The second-order valence-corrected chi connectivity index (χ2v) is 21.1. The Balaban J connectivity index is 1.27. The number of hydrogen-bond donors (Lipinski definition) is 1. The fraction of sp³-hybridized carbons (Fsp3) is 0.415. The Labute approximate surface area is 325 Å². The fourth-order valence-corrected chi connectivity index (χ4v) is 15.4. The average Bonchev–Trinajstić information content (AvgIpc) is 3.69. The van der Waals surface area contributed by atoms with Crippen molar-refractivity contribution in [1.29, 1.82) is 0 Å². The number of benzene rings is 3. The topological polar surface area (TPSA) is 110 Å². The molecule has 0 spiro atoms. The van der Waals surface area contributed by atoms with E-state index in [9.17, 15) is 9.59 Å². The summed E-state index contributed by atoms with van der Waals surface area (Å²) in [5.41, 5.74) is -0.818. The van der Waals surface area contributed by atoms with E-state index in [1.165, 1.54) is 10.8 Å². The molecule has 0 radical (unpaired) electrons. The molecule has 1 N–H and O–H groups in total. The predicted molar refractivity (Wildman–Crippen MR) is 215 cm³/mol. The molecule has 7 atom stereocenters. The predicted octanol–water partition coefficient (Wildman–Crippen LogP) is 8.04. The number of aromatic nitrogens is 2. The molecular formula is C41H47N2O8PS2. The quantitative estimate of drug-likeness (QED) is 0.0861. The summed E-state index contributed by atoms with van der Waals surface area (Å²) in [4.78, 5) is 27.9. The molecule has 3 aromatic carbocycles. The van der Waals surface area contributed by atoms with Gasteiger partial charge in [-0.2, -0.15) is 0 Å². The van der Waals surface area contributed by atoms with E-state index in [1.54, 1.807) is 32.5 Å². The Morgan fingerprint density at radius 3 is 2.20 bits per heavy atom. The zero-order valence-electron chi connectivity index (χ0n) is 31.2. The highest BCUT2D eigenvalue weighted by molar-refractivity contribution is 8.68. The summed E-state index contributed by atoms with van der Waals surface area (Å²) >= 11 is 7.92. The Morgan fingerprint density at radius 2 is 1.61 bits per heavy atom. The number of nitrogens with one attached hydrogen (secondary N) is 1. The summed E-state index contributed by atoms with van der Waals surface area (Å²) in [5.74, 6) is 1.80. The SMILES string of the molecule is C=C(C)[C@H]1CC[C@@]2(C)SP(=S)(O[C@H]3C[C@H](n4cc(C)c(=O)[nH]c4=O)O[C@@H]3COC(c3ccccc3)(c3ccc(OC)cc3)c3ccc(OC)cc3)O[C@@H]2C1. The van der Waals surface area contributed by atoms with Crippen molar-refractivity contribution in [1.82, 2.24) is 9.55 Å². The molecule has 1 aromatic heterocycles. The first-order valence-electron chi connectivity index (χ1n) is 18.2. The van der Waals surface area contributed by atoms with Crippen molar-refractivity contribution in [2.24, 2.45) is 5.92 Å². The molecule has 7 rings (SSSR count). The number of aromatic amines is 1. The minimum atomic E-state index is -2.88. The van der Waals surface area contributed by atoms with Crippen molar-refractivity contribution >= 4 is 28.9 Å². The molecule has 286 valence electrons. The lowest BCUT2D eigenvalue weighted by Gasteiger charge is -2.37. The van der Waals surface area contributed by atoms with Crippen LogP contribution in [0.1, 0.15) is 68.0 Å². The third-order valence-electron chi connectivity index (χ3n) is 11.0. The van der Waals surface area contributed by atoms with Crippen LogP contribution in [0.25, 0.3) is 0 Å². The molecule has 4 aromatic rings. The fourth-order valence-electron chi connectivity index (χ4n) is 7.81. The van der Waals surface area contributed by atoms with Gasteiger partial charge in [0.2, 0.25) is 5.69 Å². The molecule has 0 bridgehead atoms. The molecule has 54 heavy (non-hydrogen) atoms. The molecule has 2 saturated heterocycles. The molecule has 10 nitrogen and oxygen atoms in total. The molecule has 1 unspecified atom stereocenters. The molecule has 3 aliphatic rings. The number of H-pyrrole nitrogens is 1. The van der Waals surface area contributed by atoms with E-state index in [0.717, 1.165) is 41.5 Å². The molecule has 2 aliphatic heterocycles. The van der Waals surface area contributed by atoms with Crippen molar-refractivity contribution in [2.45, 2.75) is 81.3 Å². The Hall–Kier alpha value is -3.48. The first-order valence-corrected chi connectivity index (χ1v) is 22.2. The average molecular weight is 791 g/mol. The van der Waals surface area contributed by atoms with Crippen LogP contribution in [0.5, 0.6) is 11.5 Å². The summed E-state index contributed by atoms with van der Waals surface area (Å²) in [6.07, 6.45) is 2.59. The van der Waals surface area contributed by atoms with Crippen molar-refractivity contribution in [3.8, 4) is 11.5 Å². The van der Waals surface area contributed by atoms with Crippen molar-refractivity contribution < 1.29 is 28.0 Å². The Bertz CT molecular complexity index is 2090. The van der Waals surface area contributed by atoms with Crippen molar-refractivity contribution in [2.75, 3.05) is 20.8 Å². The van der Waals surface area contributed by atoms with Crippen LogP contribution in [0.4, 0.5) is 0 Å². The van der Waals surface area contributed by atoms with E-state index in [0.29, 0.717) is 29.4 Å². The van der Waals surface area contributed by atoms with Gasteiger partial charge in [-0.1, -0.05) is 78.1 Å². The number of methoxy groups -OCH3 is 2. The number of ether oxygens (including phenoxy) is 4. The van der Waals surface area contributed by atoms with E-state index in [-0.39, 0.29) is 17.5 Å². The minimum absolute atomic E-state index is 0.0584. The molecule has 1 saturated carbocycles. The van der Waals surface area contributed by atoms with Gasteiger partial charge in [0.1, 0.15) is 29.4 Å². The van der Waals surface area contributed by atoms with Crippen LogP contribution in [0.2, 0.25) is 0 Å². The smallest absolute Gasteiger partial charge is 0.330 e. The second-order valence-electron chi connectivity index (χ2n) is 14.6. The van der Waals surface area contributed by atoms with Gasteiger partial charge < -0.3 is 28.0 Å². The Morgan fingerprint density at radius 1 is 1.00 bits per heavy atom. The van der Waals surface area contributed by atoms with Crippen LogP contribution >= 0.6 is 17.1 Å². The number of fused-ring (bicyclic) bond motifs is 1. The standard InChI is InChI=1S/C41H47N2O8PS2/c1-26(2)28-20-21-40(4)36(22-28)51-52(53,54-40)50-34-23-37(43-24-27(3)38(44)42-39(43)45)49-35(34)25-48-41(29-10-8-7-9-11-29,30-12-16-32(46-5)17-13-30)31-14-18-33(47-6)19-15-31/h7-19,24,28,34-37H,1,20-23,25H2,2-6H3,(H,42,44,45)/t28-,34-,35+,36+,37+,40+,52?/m0/s1. The van der Waals surface area contributed by atoms with Gasteiger partial charge in [0.15, 0.2) is 0 Å². The molecule has 3 fully saturated rings. The van der Waals surface area contributed by atoms with Gasteiger partial charge in [-0.05, 0) is 98.7 Å². The maximum absolute atomic E-state index is 13.2. The number of nitrogens with zero attached hydrogens (tertiary/aromatic N) is 1. The van der Waals surface area contributed by atoms with Gasteiger partial charge in [-0.25, -0.2) is 4.79 Å². The van der Waals surface area contributed by atoms with Crippen molar-refractivity contribution in [3.05, 3.63) is 140 Å². The molecule has 3 heterocycles.